The van der Waals surface area contributed by atoms with Crippen LogP contribution in [0, 0.1) is 0 Å². The third-order valence-electron chi connectivity index (χ3n) is 9.13. The first kappa shape index (κ1) is 34.9. The SMILES string of the molecule is CCCCc1ccc(N(C2=CC=CN(N(c3ccc(CCCC)cc3)c3ccc(CCCC)cn3)C2)c2ccc(CCCC)cn2)cc1. The molecule has 0 spiro atoms. The molecule has 0 saturated heterocycles. The van der Waals surface area contributed by atoms with Gasteiger partial charge in [0, 0.05) is 30.0 Å². The standard InChI is InChI=1S/C43H55N5/c1-5-9-14-35-19-25-39(26-20-35)47(42-29-23-37(32-44-42)16-11-7-3)41-18-13-31-46(34-41)48(40-27-21-36(22-28-40)15-10-6-2)43-30-24-38(33-45-43)17-12-8-4/h13,18-33H,5-12,14-17,34H2,1-4H3. The number of pyridine rings is 2. The molecule has 0 unspecified atom stereocenters. The summed E-state index contributed by atoms with van der Waals surface area (Å²) in [4.78, 5) is 12.4. The van der Waals surface area contributed by atoms with Gasteiger partial charge in [0.25, 0.3) is 0 Å². The molecule has 1 aliphatic rings. The Morgan fingerprint density at radius 1 is 0.542 bits per heavy atom. The Labute approximate surface area is 290 Å². The van der Waals surface area contributed by atoms with E-state index >= 15 is 0 Å². The lowest BCUT2D eigenvalue weighted by molar-refractivity contribution is 0.404. The maximum absolute atomic E-state index is 5.03. The van der Waals surface area contributed by atoms with E-state index in [1.165, 1.54) is 73.6 Å². The predicted molar refractivity (Wildman–Crippen MR) is 204 cm³/mol. The van der Waals surface area contributed by atoms with Gasteiger partial charge in [-0.05, 0) is 122 Å². The normalized spacial score (nSPS) is 12.7. The minimum Gasteiger partial charge on any atom is -0.297 e. The van der Waals surface area contributed by atoms with E-state index in [1.54, 1.807) is 0 Å². The average Bonchev–Trinajstić information content (AvgIpc) is 3.14. The van der Waals surface area contributed by atoms with Gasteiger partial charge in [-0.1, -0.05) is 89.8 Å². The minimum absolute atomic E-state index is 0.657. The first-order chi connectivity index (χ1) is 23.6. The van der Waals surface area contributed by atoms with Crippen LogP contribution in [0.5, 0.6) is 0 Å². The van der Waals surface area contributed by atoms with Gasteiger partial charge >= 0.3 is 0 Å². The van der Waals surface area contributed by atoms with Crippen LogP contribution in [0.15, 0.2) is 109 Å². The summed E-state index contributed by atoms with van der Waals surface area (Å²) in [6, 6.07) is 26.9. The van der Waals surface area contributed by atoms with Gasteiger partial charge in [0.15, 0.2) is 5.82 Å². The number of allylic oxidation sites excluding steroid dienone is 2. The van der Waals surface area contributed by atoms with Crippen LogP contribution in [-0.2, 0) is 25.7 Å². The highest BCUT2D eigenvalue weighted by atomic mass is 15.6. The van der Waals surface area contributed by atoms with E-state index in [0.29, 0.717) is 6.54 Å². The van der Waals surface area contributed by atoms with E-state index in [0.717, 1.165) is 54.4 Å². The van der Waals surface area contributed by atoms with Crippen molar-refractivity contribution in [2.45, 2.75) is 105 Å². The molecule has 48 heavy (non-hydrogen) atoms. The van der Waals surface area contributed by atoms with Crippen molar-refractivity contribution in [2.75, 3.05) is 16.5 Å². The summed E-state index contributed by atoms with van der Waals surface area (Å²) in [7, 11) is 0. The molecule has 0 fully saturated rings. The van der Waals surface area contributed by atoms with Crippen LogP contribution < -0.4 is 9.91 Å². The number of unbranched alkanes of at least 4 members (excludes halogenated alkanes) is 4. The van der Waals surface area contributed by atoms with Crippen LogP contribution >= 0.6 is 0 Å². The molecule has 5 nitrogen and oxygen atoms in total. The highest BCUT2D eigenvalue weighted by molar-refractivity contribution is 5.67. The molecule has 0 aliphatic carbocycles. The van der Waals surface area contributed by atoms with E-state index in [-0.39, 0.29) is 0 Å². The fourth-order valence-corrected chi connectivity index (χ4v) is 6.19. The van der Waals surface area contributed by atoms with Crippen molar-refractivity contribution in [3.63, 3.8) is 0 Å². The summed E-state index contributed by atoms with van der Waals surface area (Å²) in [5, 5.41) is 4.53. The van der Waals surface area contributed by atoms with Gasteiger partial charge in [-0.25, -0.2) is 15.0 Å². The van der Waals surface area contributed by atoms with Crippen molar-refractivity contribution in [3.05, 3.63) is 131 Å². The Kier molecular flexibility index (Phi) is 13.3. The van der Waals surface area contributed by atoms with E-state index in [4.69, 9.17) is 9.97 Å². The van der Waals surface area contributed by atoms with Crippen molar-refractivity contribution in [1.29, 1.82) is 0 Å². The number of hydrogen-bond donors (Lipinski definition) is 0. The first-order valence-electron chi connectivity index (χ1n) is 18.4. The molecule has 5 heteroatoms. The second kappa shape index (κ2) is 18.2. The number of anilines is 4. The first-order valence-corrected chi connectivity index (χ1v) is 18.4. The van der Waals surface area contributed by atoms with Gasteiger partial charge in [0.2, 0.25) is 0 Å². The van der Waals surface area contributed by atoms with Crippen LogP contribution in [-0.4, -0.2) is 21.5 Å². The molecule has 0 saturated carbocycles. The smallest absolute Gasteiger partial charge is 0.151 e. The molecule has 2 aromatic carbocycles. The van der Waals surface area contributed by atoms with Gasteiger partial charge in [-0.15, -0.1) is 0 Å². The average molecular weight is 642 g/mol. The molecular weight excluding hydrogens is 587 g/mol. The van der Waals surface area contributed by atoms with Gasteiger partial charge in [-0.3, -0.25) is 9.91 Å². The molecule has 0 N–H and O–H groups in total. The topological polar surface area (TPSA) is 35.5 Å². The van der Waals surface area contributed by atoms with Crippen molar-refractivity contribution in [1.82, 2.24) is 15.0 Å². The molecule has 3 heterocycles. The second-order valence-corrected chi connectivity index (χ2v) is 13.0. The molecule has 0 bridgehead atoms. The lowest BCUT2D eigenvalue weighted by atomic mass is 10.1. The molecule has 252 valence electrons. The molecule has 2 aromatic heterocycles. The number of aryl methyl sites for hydroxylation is 4. The van der Waals surface area contributed by atoms with E-state index in [9.17, 15) is 0 Å². The Balaban J connectivity index is 1.48. The number of rotatable bonds is 18. The third-order valence-corrected chi connectivity index (χ3v) is 9.13. The molecule has 4 aromatic rings. The summed E-state index contributed by atoms with van der Waals surface area (Å²) in [6.07, 6.45) is 24.5. The molecular formula is C43H55N5. The maximum Gasteiger partial charge on any atom is 0.151 e. The highest BCUT2D eigenvalue weighted by Gasteiger charge is 2.25. The van der Waals surface area contributed by atoms with Gasteiger partial charge in [0.1, 0.15) is 5.82 Å². The van der Waals surface area contributed by atoms with Gasteiger partial charge in [-0.2, -0.15) is 0 Å². The fraction of sp³-hybridized carbons (Fsp3) is 0.395. The number of benzene rings is 2. The number of nitrogens with zero attached hydrogens (tertiary/aromatic N) is 5. The van der Waals surface area contributed by atoms with E-state index < -0.39 is 0 Å². The predicted octanol–water partition coefficient (Wildman–Crippen LogP) is 11.5. The Bertz CT molecular complexity index is 1470. The zero-order valence-corrected chi connectivity index (χ0v) is 29.7. The van der Waals surface area contributed by atoms with Crippen molar-refractivity contribution < 1.29 is 0 Å². The Morgan fingerprint density at radius 2 is 1.00 bits per heavy atom. The van der Waals surface area contributed by atoms with Crippen LogP contribution in [0.25, 0.3) is 0 Å². The van der Waals surface area contributed by atoms with Crippen molar-refractivity contribution in [3.8, 4) is 0 Å². The monoisotopic (exact) mass is 641 g/mol. The summed E-state index contributed by atoms with van der Waals surface area (Å²) in [5.74, 6) is 1.84. The largest absolute Gasteiger partial charge is 0.297 e. The van der Waals surface area contributed by atoms with Crippen molar-refractivity contribution in [2.24, 2.45) is 0 Å². The van der Waals surface area contributed by atoms with E-state index in [1.807, 2.05) is 0 Å². The van der Waals surface area contributed by atoms with Crippen LogP contribution in [0.4, 0.5) is 23.0 Å². The van der Waals surface area contributed by atoms with Crippen LogP contribution in [0.2, 0.25) is 0 Å². The number of aromatic nitrogens is 2. The minimum atomic E-state index is 0.657. The Morgan fingerprint density at radius 3 is 1.48 bits per heavy atom. The molecule has 0 radical (unpaired) electrons. The molecule has 0 atom stereocenters. The summed E-state index contributed by atoms with van der Waals surface area (Å²) < 4.78 is 0. The molecule has 1 aliphatic heterocycles. The quantitative estimate of drug-likeness (QED) is 0.108. The van der Waals surface area contributed by atoms with Crippen LogP contribution in [0.3, 0.4) is 0 Å². The number of hydrazine groups is 1. The summed E-state index contributed by atoms with van der Waals surface area (Å²) in [5.41, 5.74) is 8.70. The second-order valence-electron chi connectivity index (χ2n) is 13.0. The summed E-state index contributed by atoms with van der Waals surface area (Å²) in [6.45, 7) is 9.64. The lowest BCUT2D eigenvalue weighted by Gasteiger charge is -2.39. The van der Waals surface area contributed by atoms with Gasteiger partial charge in [0.05, 0.1) is 12.2 Å². The van der Waals surface area contributed by atoms with Crippen LogP contribution in [0.1, 0.15) is 101 Å². The molecule has 5 rings (SSSR count). The third kappa shape index (κ3) is 9.37. The Hall–Kier alpha value is -4.38. The molecule has 0 amide bonds. The maximum atomic E-state index is 5.03. The fourth-order valence-electron chi connectivity index (χ4n) is 6.19. The van der Waals surface area contributed by atoms with Crippen molar-refractivity contribution >= 4 is 23.0 Å². The lowest BCUT2D eigenvalue weighted by Crippen LogP contribution is -2.40. The zero-order chi connectivity index (χ0) is 33.6. The summed E-state index contributed by atoms with van der Waals surface area (Å²) >= 11 is 0. The number of hydrogen-bond acceptors (Lipinski definition) is 5. The van der Waals surface area contributed by atoms with Gasteiger partial charge < -0.3 is 0 Å². The zero-order valence-electron chi connectivity index (χ0n) is 29.7. The highest BCUT2D eigenvalue weighted by Crippen LogP contribution is 2.34. The van der Waals surface area contributed by atoms with E-state index in [2.05, 4.69) is 146 Å².